The van der Waals surface area contributed by atoms with Gasteiger partial charge < -0.3 is 15.5 Å². The third kappa shape index (κ3) is 5.81. The highest BCUT2D eigenvalue weighted by atomic mass is 16.1. The third-order valence-corrected chi connectivity index (χ3v) is 3.98. The molecule has 6 heteroatoms. The van der Waals surface area contributed by atoms with E-state index in [4.69, 9.17) is 0 Å². The summed E-state index contributed by atoms with van der Waals surface area (Å²) >= 11 is 0. The predicted molar refractivity (Wildman–Crippen MR) is 106 cm³/mol. The summed E-state index contributed by atoms with van der Waals surface area (Å²) in [6.45, 7) is 7.71. The summed E-state index contributed by atoms with van der Waals surface area (Å²) in [6, 6.07) is 9.79. The first kappa shape index (κ1) is 19.8. The van der Waals surface area contributed by atoms with Crippen LogP contribution in [0, 0.1) is 6.92 Å². The van der Waals surface area contributed by atoms with Crippen molar-refractivity contribution in [1.29, 1.82) is 0 Å². The topological polar surface area (TPSA) is 70.2 Å². The molecular formula is C20H29N5O. The number of aromatic nitrogens is 2. The van der Waals surface area contributed by atoms with Crippen LogP contribution in [-0.4, -0.2) is 48.0 Å². The lowest BCUT2D eigenvalue weighted by atomic mass is 10.0. The zero-order chi connectivity index (χ0) is 19.1. The maximum atomic E-state index is 12.4. The smallest absolute Gasteiger partial charge is 0.270 e. The summed E-state index contributed by atoms with van der Waals surface area (Å²) in [4.78, 5) is 23.3. The number of carbonyl (C=O) groups excluding carboxylic acids is 1. The van der Waals surface area contributed by atoms with E-state index in [1.54, 1.807) is 6.07 Å². The zero-order valence-electron chi connectivity index (χ0n) is 16.3. The Morgan fingerprint density at radius 1 is 1.19 bits per heavy atom. The second-order valence-electron chi connectivity index (χ2n) is 7.00. The van der Waals surface area contributed by atoms with Crippen LogP contribution in [0.4, 0.5) is 11.6 Å². The maximum Gasteiger partial charge on any atom is 0.270 e. The average Bonchev–Trinajstić information content (AvgIpc) is 2.58. The van der Waals surface area contributed by atoms with Gasteiger partial charge in [-0.05, 0) is 57.6 Å². The lowest BCUT2D eigenvalue weighted by Crippen LogP contribution is -2.28. The lowest BCUT2D eigenvalue weighted by Gasteiger charge is -2.14. The van der Waals surface area contributed by atoms with E-state index in [1.807, 2.05) is 39.2 Å². The van der Waals surface area contributed by atoms with Crippen LogP contribution in [0.15, 0.2) is 30.3 Å². The summed E-state index contributed by atoms with van der Waals surface area (Å²) in [5, 5.41) is 6.18. The van der Waals surface area contributed by atoms with E-state index in [2.05, 4.69) is 45.4 Å². The molecule has 0 aliphatic carbocycles. The predicted octanol–water partition coefficient (Wildman–Crippen LogP) is 3.33. The van der Waals surface area contributed by atoms with Gasteiger partial charge in [-0.3, -0.25) is 4.79 Å². The normalized spacial score (nSPS) is 11.0. The molecule has 2 aromatic rings. The van der Waals surface area contributed by atoms with Crippen molar-refractivity contribution in [1.82, 2.24) is 20.2 Å². The van der Waals surface area contributed by atoms with Gasteiger partial charge in [-0.1, -0.05) is 32.0 Å². The molecule has 0 saturated heterocycles. The van der Waals surface area contributed by atoms with Gasteiger partial charge in [-0.2, -0.15) is 0 Å². The molecule has 2 rings (SSSR count). The molecule has 2 N–H and O–H groups in total. The first-order valence-corrected chi connectivity index (χ1v) is 9.01. The van der Waals surface area contributed by atoms with Crippen LogP contribution in [-0.2, 0) is 0 Å². The van der Waals surface area contributed by atoms with E-state index in [1.165, 1.54) is 5.56 Å². The van der Waals surface area contributed by atoms with Gasteiger partial charge >= 0.3 is 0 Å². The van der Waals surface area contributed by atoms with E-state index in [0.717, 1.165) is 24.3 Å². The molecule has 1 heterocycles. The van der Waals surface area contributed by atoms with Gasteiger partial charge in [0.15, 0.2) is 0 Å². The minimum atomic E-state index is -0.172. The molecule has 0 unspecified atom stereocenters. The highest BCUT2D eigenvalue weighted by molar-refractivity contribution is 5.92. The summed E-state index contributed by atoms with van der Waals surface area (Å²) in [5.41, 5.74) is 3.28. The number of hydrogen-bond donors (Lipinski definition) is 2. The fourth-order valence-electron chi connectivity index (χ4n) is 2.66. The number of para-hydroxylation sites is 1. The van der Waals surface area contributed by atoms with E-state index in [0.29, 0.717) is 24.1 Å². The number of rotatable bonds is 8. The quantitative estimate of drug-likeness (QED) is 0.711. The first-order chi connectivity index (χ1) is 12.4. The van der Waals surface area contributed by atoms with Crippen LogP contribution in [0.5, 0.6) is 0 Å². The molecule has 0 saturated carbocycles. The summed E-state index contributed by atoms with van der Waals surface area (Å²) in [5.74, 6) is 0.647. The highest BCUT2D eigenvalue weighted by Crippen LogP contribution is 2.25. The number of nitrogens with one attached hydrogen (secondary N) is 2. The molecule has 0 aliphatic rings. The molecule has 0 atom stereocenters. The number of anilines is 2. The van der Waals surface area contributed by atoms with Crippen LogP contribution in [0.2, 0.25) is 0 Å². The van der Waals surface area contributed by atoms with Gasteiger partial charge in [0, 0.05) is 17.9 Å². The van der Waals surface area contributed by atoms with Crippen LogP contribution >= 0.6 is 0 Å². The molecule has 26 heavy (non-hydrogen) atoms. The monoisotopic (exact) mass is 355 g/mol. The van der Waals surface area contributed by atoms with Crippen LogP contribution in [0.25, 0.3) is 0 Å². The van der Waals surface area contributed by atoms with E-state index in [9.17, 15) is 4.79 Å². The van der Waals surface area contributed by atoms with E-state index in [-0.39, 0.29) is 5.91 Å². The fourth-order valence-corrected chi connectivity index (χ4v) is 2.66. The molecule has 0 radical (unpaired) electrons. The Hall–Kier alpha value is -2.47. The fraction of sp³-hybridized carbons (Fsp3) is 0.450. The van der Waals surface area contributed by atoms with Crippen molar-refractivity contribution in [3.63, 3.8) is 0 Å². The molecule has 140 valence electrons. The Kier molecular flexibility index (Phi) is 7.09. The number of nitrogens with zero attached hydrogens (tertiary/aromatic N) is 3. The van der Waals surface area contributed by atoms with Crippen LogP contribution < -0.4 is 10.6 Å². The average molecular weight is 355 g/mol. The molecule has 0 bridgehead atoms. The molecule has 1 aromatic carbocycles. The summed E-state index contributed by atoms with van der Waals surface area (Å²) in [6.07, 6.45) is 0.898. The van der Waals surface area contributed by atoms with Gasteiger partial charge in [0.05, 0.1) is 0 Å². The summed E-state index contributed by atoms with van der Waals surface area (Å²) < 4.78 is 0. The van der Waals surface area contributed by atoms with E-state index >= 15 is 0 Å². The number of amides is 1. The maximum absolute atomic E-state index is 12.4. The molecule has 1 amide bonds. The second-order valence-corrected chi connectivity index (χ2v) is 7.00. The van der Waals surface area contributed by atoms with Crippen molar-refractivity contribution >= 4 is 17.5 Å². The van der Waals surface area contributed by atoms with Gasteiger partial charge in [0.25, 0.3) is 5.91 Å². The molecule has 0 aliphatic heterocycles. The highest BCUT2D eigenvalue weighted by Gasteiger charge is 2.12. The number of aryl methyl sites for hydroxylation is 1. The minimum absolute atomic E-state index is 0.172. The van der Waals surface area contributed by atoms with Crippen LogP contribution in [0.1, 0.15) is 47.9 Å². The molecule has 6 nitrogen and oxygen atoms in total. The molecular weight excluding hydrogens is 326 g/mol. The van der Waals surface area contributed by atoms with E-state index < -0.39 is 0 Å². The first-order valence-electron chi connectivity index (χ1n) is 9.01. The Balaban J connectivity index is 2.11. The largest absolute Gasteiger partial charge is 0.351 e. The van der Waals surface area contributed by atoms with Crippen LogP contribution in [0.3, 0.4) is 0 Å². The Morgan fingerprint density at radius 3 is 2.62 bits per heavy atom. The molecule has 0 fully saturated rings. The Morgan fingerprint density at radius 2 is 1.92 bits per heavy atom. The zero-order valence-corrected chi connectivity index (χ0v) is 16.3. The van der Waals surface area contributed by atoms with Crippen molar-refractivity contribution in [2.45, 2.75) is 33.1 Å². The number of carbonyl (C=O) groups is 1. The number of benzene rings is 1. The standard InChI is InChI=1S/C20H29N5O/c1-14(2)16-9-6-7-10-17(16)23-20-22-15(3)13-18(24-20)19(26)21-11-8-12-25(4)5/h6-7,9-10,13-14H,8,11-12H2,1-5H3,(H,21,26)(H,22,23,24). The summed E-state index contributed by atoms with van der Waals surface area (Å²) in [7, 11) is 4.03. The molecule has 0 spiro atoms. The van der Waals surface area contributed by atoms with Gasteiger partial charge in [0.1, 0.15) is 5.69 Å². The van der Waals surface area contributed by atoms with Crippen molar-refractivity contribution in [3.05, 3.63) is 47.3 Å². The van der Waals surface area contributed by atoms with Gasteiger partial charge in [-0.15, -0.1) is 0 Å². The minimum Gasteiger partial charge on any atom is -0.351 e. The van der Waals surface area contributed by atoms with Gasteiger partial charge in [0.2, 0.25) is 5.95 Å². The Bertz CT molecular complexity index is 743. The molecule has 1 aromatic heterocycles. The SMILES string of the molecule is Cc1cc(C(=O)NCCCN(C)C)nc(Nc2ccccc2C(C)C)n1. The van der Waals surface area contributed by atoms with Crippen molar-refractivity contribution in [2.75, 3.05) is 32.5 Å². The van der Waals surface area contributed by atoms with Crippen molar-refractivity contribution in [2.24, 2.45) is 0 Å². The Labute approximate surface area is 156 Å². The van der Waals surface area contributed by atoms with Crippen molar-refractivity contribution < 1.29 is 4.79 Å². The third-order valence-electron chi connectivity index (χ3n) is 3.98. The lowest BCUT2D eigenvalue weighted by molar-refractivity contribution is 0.0947. The van der Waals surface area contributed by atoms with Gasteiger partial charge in [-0.25, -0.2) is 9.97 Å². The number of hydrogen-bond acceptors (Lipinski definition) is 5. The van der Waals surface area contributed by atoms with Crippen molar-refractivity contribution in [3.8, 4) is 0 Å². The second kappa shape index (κ2) is 9.29.